The summed E-state index contributed by atoms with van der Waals surface area (Å²) in [7, 11) is 0. The van der Waals surface area contributed by atoms with Gasteiger partial charge in [0.05, 0.1) is 17.5 Å². The molecule has 1 fully saturated rings. The number of rotatable bonds is 6. The number of H-pyrrole nitrogens is 1. The van der Waals surface area contributed by atoms with Gasteiger partial charge in [0.1, 0.15) is 6.10 Å². The molecule has 0 spiro atoms. The van der Waals surface area contributed by atoms with Crippen LogP contribution in [0, 0.1) is 5.92 Å². The Bertz CT molecular complexity index is 1080. The van der Waals surface area contributed by atoms with E-state index in [1.807, 2.05) is 32.0 Å². The van der Waals surface area contributed by atoms with Crippen molar-refractivity contribution in [3.8, 4) is 0 Å². The molecule has 0 aliphatic carbocycles. The summed E-state index contributed by atoms with van der Waals surface area (Å²) >= 11 is 0. The molecular weight excluding hydrogens is 372 g/mol. The predicted octanol–water partition coefficient (Wildman–Crippen LogP) is 2.20. The molecule has 0 saturated carbocycles. The van der Waals surface area contributed by atoms with Gasteiger partial charge in [0.2, 0.25) is 11.9 Å². The summed E-state index contributed by atoms with van der Waals surface area (Å²) in [4.78, 5) is 29.6. The molecule has 1 atom stereocenters. The molecule has 2 aromatic heterocycles. The number of amides is 1. The molecule has 1 aliphatic rings. The van der Waals surface area contributed by atoms with Crippen molar-refractivity contribution in [2.45, 2.75) is 45.8 Å². The maximum Gasteiger partial charge on any atom is 0.274 e. The van der Waals surface area contributed by atoms with Gasteiger partial charge in [-0.05, 0) is 24.8 Å². The van der Waals surface area contributed by atoms with Crippen molar-refractivity contribution in [1.82, 2.24) is 25.0 Å². The number of aromatic nitrogens is 5. The predicted molar refractivity (Wildman–Crippen MR) is 107 cm³/mol. The van der Waals surface area contributed by atoms with Gasteiger partial charge in [-0.25, -0.2) is 4.68 Å². The standard InChI is InChI=1S/C20H24N6O3/c1-12(2)11-26-19(28)14-7-4-3-6-13(14)15(25-26)10-17(27)21-20-22-18(23-24-20)16-8-5-9-29-16/h3-4,6-7,12,16H,5,8-11H2,1-2H3,(H2,21,22,23,24,27)/t16-/m0/s1. The molecule has 0 unspecified atom stereocenters. The molecule has 3 aromatic rings. The minimum Gasteiger partial charge on any atom is -0.370 e. The molecule has 29 heavy (non-hydrogen) atoms. The zero-order valence-corrected chi connectivity index (χ0v) is 16.5. The summed E-state index contributed by atoms with van der Waals surface area (Å²) in [5, 5.41) is 15.3. The molecule has 2 N–H and O–H groups in total. The second kappa shape index (κ2) is 8.12. The molecule has 0 radical (unpaired) electrons. The van der Waals surface area contributed by atoms with Crippen molar-refractivity contribution in [3.63, 3.8) is 0 Å². The third-order valence-corrected chi connectivity index (χ3v) is 4.80. The van der Waals surface area contributed by atoms with Gasteiger partial charge in [-0.15, -0.1) is 5.10 Å². The molecule has 1 amide bonds. The van der Waals surface area contributed by atoms with E-state index in [0.717, 1.165) is 12.8 Å². The van der Waals surface area contributed by atoms with Crippen LogP contribution in [0.4, 0.5) is 5.95 Å². The molecule has 1 aromatic carbocycles. The van der Waals surface area contributed by atoms with Crippen molar-refractivity contribution >= 4 is 22.6 Å². The second-order valence-corrected chi connectivity index (χ2v) is 7.64. The highest BCUT2D eigenvalue weighted by Gasteiger charge is 2.22. The normalized spacial score (nSPS) is 16.6. The summed E-state index contributed by atoms with van der Waals surface area (Å²) < 4.78 is 7.01. The molecule has 1 saturated heterocycles. The summed E-state index contributed by atoms with van der Waals surface area (Å²) in [5.74, 6) is 0.787. The van der Waals surface area contributed by atoms with Gasteiger partial charge in [0.25, 0.3) is 5.56 Å². The monoisotopic (exact) mass is 396 g/mol. The Morgan fingerprint density at radius 1 is 1.34 bits per heavy atom. The van der Waals surface area contributed by atoms with E-state index in [1.54, 1.807) is 6.07 Å². The smallest absolute Gasteiger partial charge is 0.274 e. The van der Waals surface area contributed by atoms with Crippen molar-refractivity contribution in [2.75, 3.05) is 11.9 Å². The van der Waals surface area contributed by atoms with Gasteiger partial charge in [-0.2, -0.15) is 10.1 Å². The number of anilines is 1. The van der Waals surface area contributed by atoms with Crippen LogP contribution >= 0.6 is 0 Å². The summed E-state index contributed by atoms with van der Waals surface area (Å²) in [6, 6.07) is 7.23. The van der Waals surface area contributed by atoms with E-state index in [2.05, 4.69) is 25.6 Å². The van der Waals surface area contributed by atoms with Gasteiger partial charge < -0.3 is 4.74 Å². The van der Waals surface area contributed by atoms with Crippen LogP contribution in [-0.4, -0.2) is 37.5 Å². The van der Waals surface area contributed by atoms with Crippen LogP contribution in [-0.2, 0) is 22.5 Å². The number of carbonyl (C=O) groups is 1. The first kappa shape index (κ1) is 19.3. The topological polar surface area (TPSA) is 115 Å². The quantitative estimate of drug-likeness (QED) is 0.660. The van der Waals surface area contributed by atoms with E-state index in [1.165, 1.54) is 4.68 Å². The minimum atomic E-state index is -0.296. The molecule has 9 nitrogen and oxygen atoms in total. The maximum atomic E-state index is 12.7. The number of ether oxygens (including phenoxy) is 1. The van der Waals surface area contributed by atoms with Gasteiger partial charge >= 0.3 is 0 Å². The van der Waals surface area contributed by atoms with Crippen LogP contribution < -0.4 is 10.9 Å². The highest BCUT2D eigenvalue weighted by molar-refractivity contribution is 5.94. The van der Waals surface area contributed by atoms with E-state index < -0.39 is 0 Å². The summed E-state index contributed by atoms with van der Waals surface area (Å²) in [5.41, 5.74) is 0.405. The molecule has 0 bridgehead atoms. The highest BCUT2D eigenvalue weighted by atomic mass is 16.5. The van der Waals surface area contributed by atoms with E-state index in [4.69, 9.17) is 4.74 Å². The number of nitrogens with one attached hydrogen (secondary N) is 2. The zero-order valence-electron chi connectivity index (χ0n) is 16.5. The Kier molecular flexibility index (Phi) is 5.39. The van der Waals surface area contributed by atoms with Crippen molar-refractivity contribution in [2.24, 2.45) is 5.92 Å². The lowest BCUT2D eigenvalue weighted by Crippen LogP contribution is -2.28. The number of nitrogens with zero attached hydrogens (tertiary/aromatic N) is 4. The number of fused-ring (bicyclic) bond motifs is 1. The molecule has 152 valence electrons. The Balaban J connectivity index is 1.56. The van der Waals surface area contributed by atoms with Crippen molar-refractivity contribution in [3.05, 3.63) is 46.1 Å². The lowest BCUT2D eigenvalue weighted by Gasteiger charge is -2.12. The van der Waals surface area contributed by atoms with Gasteiger partial charge in [-0.1, -0.05) is 32.0 Å². The van der Waals surface area contributed by atoms with Crippen LogP contribution in [0.1, 0.15) is 44.3 Å². The fourth-order valence-electron chi connectivity index (χ4n) is 3.49. The van der Waals surface area contributed by atoms with Crippen molar-refractivity contribution in [1.29, 1.82) is 0 Å². The van der Waals surface area contributed by atoms with Gasteiger partial charge in [0.15, 0.2) is 5.82 Å². The van der Waals surface area contributed by atoms with Crippen LogP contribution in [0.2, 0.25) is 0 Å². The van der Waals surface area contributed by atoms with E-state index >= 15 is 0 Å². The van der Waals surface area contributed by atoms with Crippen LogP contribution in [0.3, 0.4) is 0 Å². The first-order chi connectivity index (χ1) is 14.0. The minimum absolute atomic E-state index is 0.0166. The number of aromatic amines is 1. The number of hydrogen-bond donors (Lipinski definition) is 2. The largest absolute Gasteiger partial charge is 0.370 e. The fraction of sp³-hybridized carbons (Fsp3) is 0.450. The Labute approximate surface area is 167 Å². The van der Waals surface area contributed by atoms with Gasteiger partial charge in [-0.3, -0.25) is 20.0 Å². The van der Waals surface area contributed by atoms with Crippen LogP contribution in [0.5, 0.6) is 0 Å². The Morgan fingerprint density at radius 2 is 2.14 bits per heavy atom. The first-order valence-corrected chi connectivity index (χ1v) is 9.83. The number of hydrogen-bond acceptors (Lipinski definition) is 6. The van der Waals surface area contributed by atoms with E-state index in [-0.39, 0.29) is 35.9 Å². The maximum absolute atomic E-state index is 12.7. The number of benzene rings is 1. The van der Waals surface area contributed by atoms with Crippen LogP contribution in [0.15, 0.2) is 29.1 Å². The molecule has 4 rings (SSSR count). The summed E-state index contributed by atoms with van der Waals surface area (Å²) in [6.45, 7) is 5.23. The summed E-state index contributed by atoms with van der Waals surface area (Å²) in [6.07, 6.45) is 1.79. The zero-order chi connectivity index (χ0) is 20.4. The fourth-order valence-corrected chi connectivity index (χ4v) is 3.49. The second-order valence-electron chi connectivity index (χ2n) is 7.64. The number of carbonyl (C=O) groups excluding carboxylic acids is 1. The Hall–Kier alpha value is -3.07. The van der Waals surface area contributed by atoms with Gasteiger partial charge in [0, 0.05) is 18.5 Å². The highest BCUT2D eigenvalue weighted by Crippen LogP contribution is 2.26. The lowest BCUT2D eigenvalue weighted by molar-refractivity contribution is -0.115. The molecule has 9 heteroatoms. The lowest BCUT2D eigenvalue weighted by atomic mass is 10.1. The third-order valence-electron chi connectivity index (χ3n) is 4.80. The average molecular weight is 396 g/mol. The first-order valence-electron chi connectivity index (χ1n) is 9.83. The van der Waals surface area contributed by atoms with Crippen LogP contribution in [0.25, 0.3) is 10.8 Å². The third kappa shape index (κ3) is 4.19. The van der Waals surface area contributed by atoms with Crippen molar-refractivity contribution < 1.29 is 9.53 Å². The molecular formula is C20H24N6O3. The Morgan fingerprint density at radius 3 is 2.86 bits per heavy atom. The molecule has 3 heterocycles. The SMILES string of the molecule is CC(C)Cn1nc(CC(=O)Nc2n[nH]c([C@@H]3CCCO3)n2)c2ccccc2c1=O. The average Bonchev–Trinajstić information content (AvgIpc) is 3.37. The molecule has 1 aliphatic heterocycles. The van der Waals surface area contributed by atoms with E-state index in [9.17, 15) is 9.59 Å². The van der Waals surface area contributed by atoms with E-state index in [0.29, 0.717) is 35.4 Å².